The van der Waals surface area contributed by atoms with Gasteiger partial charge >= 0.3 is 6.09 Å². The van der Waals surface area contributed by atoms with Crippen LogP contribution in [-0.2, 0) is 4.74 Å². The largest absolute Gasteiger partial charge is 0.450 e. The summed E-state index contributed by atoms with van der Waals surface area (Å²) in [6, 6.07) is 2.09. The highest BCUT2D eigenvalue weighted by molar-refractivity contribution is 5.68. The number of anilines is 2. The minimum Gasteiger partial charge on any atom is -0.450 e. The van der Waals surface area contributed by atoms with E-state index in [0.717, 1.165) is 43.6 Å². The van der Waals surface area contributed by atoms with Gasteiger partial charge in [0.05, 0.1) is 6.61 Å². The molecule has 7 heteroatoms. The van der Waals surface area contributed by atoms with Crippen LogP contribution in [0.1, 0.15) is 38.3 Å². The van der Waals surface area contributed by atoms with Crippen LogP contribution in [-0.4, -0.2) is 66.8 Å². The molecule has 7 nitrogen and oxygen atoms in total. The molecule has 138 valence electrons. The van der Waals surface area contributed by atoms with Crippen molar-refractivity contribution in [1.29, 1.82) is 0 Å². The fourth-order valence-electron chi connectivity index (χ4n) is 3.44. The maximum Gasteiger partial charge on any atom is 0.409 e. The second kappa shape index (κ2) is 8.36. The number of hydrogen-bond acceptors (Lipinski definition) is 6. The lowest BCUT2D eigenvalue weighted by molar-refractivity contribution is 0.105. The predicted octanol–water partition coefficient (Wildman–Crippen LogP) is 2.44. The second-order valence-electron chi connectivity index (χ2n) is 6.74. The standard InChI is InChI=1S/C18H29N5O2/c1-3-25-18(24)23-12-10-22(11-13-23)17-19-15(2)14-16(20-17)21-8-6-4-5-7-9-21/h14H,3-13H2,1-2H3. The van der Waals surface area contributed by atoms with E-state index in [4.69, 9.17) is 9.72 Å². The maximum absolute atomic E-state index is 11.8. The third kappa shape index (κ3) is 4.52. The van der Waals surface area contributed by atoms with Crippen molar-refractivity contribution >= 4 is 17.9 Å². The molecule has 3 rings (SSSR count). The van der Waals surface area contributed by atoms with E-state index in [0.29, 0.717) is 19.7 Å². The molecule has 0 aromatic carbocycles. The van der Waals surface area contributed by atoms with Crippen LogP contribution in [0.2, 0.25) is 0 Å². The topological polar surface area (TPSA) is 61.8 Å². The van der Waals surface area contributed by atoms with E-state index in [1.54, 1.807) is 4.90 Å². The number of rotatable bonds is 3. The lowest BCUT2D eigenvalue weighted by Crippen LogP contribution is -2.49. The van der Waals surface area contributed by atoms with Crippen molar-refractivity contribution in [2.24, 2.45) is 0 Å². The summed E-state index contributed by atoms with van der Waals surface area (Å²) in [5.74, 6) is 1.82. The number of nitrogens with zero attached hydrogens (tertiary/aromatic N) is 5. The number of amides is 1. The molecule has 25 heavy (non-hydrogen) atoms. The molecule has 0 spiro atoms. The Balaban J connectivity index is 1.67. The van der Waals surface area contributed by atoms with Gasteiger partial charge in [-0.15, -0.1) is 0 Å². The molecular weight excluding hydrogens is 318 g/mol. The van der Waals surface area contributed by atoms with Crippen LogP contribution in [0.15, 0.2) is 6.07 Å². The van der Waals surface area contributed by atoms with Gasteiger partial charge in [-0.2, -0.15) is 4.98 Å². The third-order valence-corrected chi connectivity index (χ3v) is 4.85. The van der Waals surface area contributed by atoms with Crippen molar-refractivity contribution in [1.82, 2.24) is 14.9 Å². The first-order valence-corrected chi connectivity index (χ1v) is 9.44. The quantitative estimate of drug-likeness (QED) is 0.837. The number of aromatic nitrogens is 2. The third-order valence-electron chi connectivity index (χ3n) is 4.85. The zero-order chi connectivity index (χ0) is 17.6. The van der Waals surface area contributed by atoms with E-state index in [1.165, 1.54) is 25.7 Å². The minimum atomic E-state index is -0.224. The van der Waals surface area contributed by atoms with Crippen molar-refractivity contribution in [3.05, 3.63) is 11.8 Å². The number of carbonyl (C=O) groups excluding carboxylic acids is 1. The first kappa shape index (κ1) is 17.8. The summed E-state index contributed by atoms with van der Waals surface area (Å²) in [7, 11) is 0. The van der Waals surface area contributed by atoms with Crippen LogP contribution < -0.4 is 9.80 Å². The van der Waals surface area contributed by atoms with E-state index in [-0.39, 0.29) is 6.09 Å². The van der Waals surface area contributed by atoms with Gasteiger partial charge in [-0.1, -0.05) is 12.8 Å². The van der Waals surface area contributed by atoms with E-state index < -0.39 is 0 Å². The molecule has 1 aromatic heterocycles. The summed E-state index contributed by atoms with van der Waals surface area (Å²) < 4.78 is 5.08. The van der Waals surface area contributed by atoms with Gasteiger partial charge in [-0.3, -0.25) is 0 Å². The summed E-state index contributed by atoms with van der Waals surface area (Å²) in [6.45, 7) is 9.20. The average molecular weight is 347 g/mol. The summed E-state index contributed by atoms with van der Waals surface area (Å²) in [5, 5.41) is 0. The fraction of sp³-hybridized carbons (Fsp3) is 0.722. The Morgan fingerprint density at radius 2 is 1.68 bits per heavy atom. The Bertz CT molecular complexity index is 579. The molecule has 0 radical (unpaired) electrons. The van der Waals surface area contributed by atoms with E-state index in [2.05, 4.69) is 20.9 Å². The lowest BCUT2D eigenvalue weighted by Gasteiger charge is -2.34. The molecule has 0 aliphatic carbocycles. The highest BCUT2D eigenvalue weighted by Crippen LogP contribution is 2.21. The van der Waals surface area contributed by atoms with Gasteiger partial charge < -0.3 is 19.4 Å². The molecular formula is C18H29N5O2. The van der Waals surface area contributed by atoms with E-state index >= 15 is 0 Å². The average Bonchev–Trinajstić information content (AvgIpc) is 2.91. The molecule has 2 fully saturated rings. The SMILES string of the molecule is CCOC(=O)N1CCN(c2nc(C)cc(N3CCCCCC3)n2)CC1. The van der Waals surface area contributed by atoms with Crippen LogP contribution in [0.25, 0.3) is 0 Å². The number of piperazine rings is 1. The van der Waals surface area contributed by atoms with Gasteiger partial charge in [0, 0.05) is 51.0 Å². The van der Waals surface area contributed by atoms with Crippen molar-refractivity contribution in [3.8, 4) is 0 Å². The first-order chi connectivity index (χ1) is 12.2. The monoisotopic (exact) mass is 347 g/mol. The van der Waals surface area contributed by atoms with Gasteiger partial charge in [0.2, 0.25) is 5.95 Å². The summed E-state index contributed by atoms with van der Waals surface area (Å²) >= 11 is 0. The first-order valence-electron chi connectivity index (χ1n) is 9.44. The van der Waals surface area contributed by atoms with Crippen LogP contribution in [0.4, 0.5) is 16.6 Å². The smallest absolute Gasteiger partial charge is 0.409 e. The molecule has 2 saturated heterocycles. The van der Waals surface area contributed by atoms with Gasteiger partial charge in [-0.05, 0) is 26.7 Å². The predicted molar refractivity (Wildman–Crippen MR) is 98.3 cm³/mol. The summed E-state index contributed by atoms with van der Waals surface area (Å²) in [4.78, 5) is 27.6. The fourth-order valence-corrected chi connectivity index (χ4v) is 3.44. The molecule has 2 aliphatic heterocycles. The molecule has 2 aliphatic rings. The Kier molecular flexibility index (Phi) is 5.94. The number of aryl methyl sites for hydroxylation is 1. The molecule has 0 bridgehead atoms. The Hall–Kier alpha value is -2.05. The Labute approximate surface area is 150 Å². The van der Waals surface area contributed by atoms with Gasteiger partial charge in [-0.25, -0.2) is 9.78 Å². The summed E-state index contributed by atoms with van der Waals surface area (Å²) in [6.07, 6.45) is 4.86. The summed E-state index contributed by atoms with van der Waals surface area (Å²) in [5.41, 5.74) is 0.997. The Morgan fingerprint density at radius 3 is 2.32 bits per heavy atom. The van der Waals surface area contributed by atoms with Crippen LogP contribution >= 0.6 is 0 Å². The normalized spacial score (nSPS) is 18.9. The Morgan fingerprint density at radius 1 is 1.00 bits per heavy atom. The van der Waals surface area contributed by atoms with Gasteiger partial charge in [0.1, 0.15) is 5.82 Å². The van der Waals surface area contributed by atoms with Gasteiger partial charge in [0.15, 0.2) is 0 Å². The van der Waals surface area contributed by atoms with Crippen molar-refractivity contribution in [2.75, 3.05) is 55.7 Å². The van der Waals surface area contributed by atoms with Crippen LogP contribution in [0, 0.1) is 6.92 Å². The maximum atomic E-state index is 11.8. The van der Waals surface area contributed by atoms with Crippen molar-refractivity contribution in [3.63, 3.8) is 0 Å². The van der Waals surface area contributed by atoms with Crippen molar-refractivity contribution < 1.29 is 9.53 Å². The van der Waals surface area contributed by atoms with Crippen LogP contribution in [0.5, 0.6) is 0 Å². The zero-order valence-electron chi connectivity index (χ0n) is 15.4. The molecule has 1 aromatic rings. The van der Waals surface area contributed by atoms with Crippen LogP contribution in [0.3, 0.4) is 0 Å². The number of hydrogen-bond donors (Lipinski definition) is 0. The number of ether oxygens (including phenoxy) is 1. The highest BCUT2D eigenvalue weighted by atomic mass is 16.6. The van der Waals surface area contributed by atoms with E-state index in [9.17, 15) is 4.79 Å². The molecule has 1 amide bonds. The minimum absolute atomic E-state index is 0.224. The second-order valence-corrected chi connectivity index (χ2v) is 6.74. The zero-order valence-corrected chi connectivity index (χ0v) is 15.4. The van der Waals surface area contributed by atoms with Crippen molar-refractivity contribution in [2.45, 2.75) is 39.5 Å². The lowest BCUT2D eigenvalue weighted by atomic mass is 10.2. The van der Waals surface area contributed by atoms with E-state index in [1.807, 2.05) is 13.8 Å². The number of carbonyl (C=O) groups is 1. The molecule has 0 saturated carbocycles. The van der Waals surface area contributed by atoms with Gasteiger partial charge in [0.25, 0.3) is 0 Å². The molecule has 0 atom stereocenters. The molecule has 3 heterocycles. The molecule has 0 N–H and O–H groups in total. The highest BCUT2D eigenvalue weighted by Gasteiger charge is 2.24. The molecule has 0 unspecified atom stereocenters.